The maximum atomic E-state index is 12.5. The number of nitrogens with one attached hydrogen (secondary N) is 2. The average molecular weight is 365 g/mol. The van der Waals surface area contributed by atoms with Gasteiger partial charge in [0.25, 0.3) is 5.91 Å². The van der Waals surface area contributed by atoms with Gasteiger partial charge in [-0.3, -0.25) is 14.4 Å². The SMILES string of the molecule is CNC(=O)c1ccc(NC(=O)[C@@H]2CC(=O)N(Cc3ccc(C)cc3)C2)cc1. The van der Waals surface area contributed by atoms with E-state index in [9.17, 15) is 14.4 Å². The van der Waals surface area contributed by atoms with Crippen molar-refractivity contribution < 1.29 is 14.4 Å². The van der Waals surface area contributed by atoms with Crippen LogP contribution in [0, 0.1) is 12.8 Å². The monoisotopic (exact) mass is 365 g/mol. The second-order valence-corrected chi connectivity index (χ2v) is 6.81. The third-order valence-electron chi connectivity index (χ3n) is 4.72. The van der Waals surface area contributed by atoms with Crippen molar-refractivity contribution in [1.82, 2.24) is 10.2 Å². The highest BCUT2D eigenvalue weighted by molar-refractivity contribution is 5.98. The first-order chi connectivity index (χ1) is 13.0. The van der Waals surface area contributed by atoms with Crippen LogP contribution in [-0.4, -0.2) is 36.2 Å². The van der Waals surface area contributed by atoms with Gasteiger partial charge in [-0.15, -0.1) is 0 Å². The predicted octanol–water partition coefficient (Wildman–Crippen LogP) is 2.34. The summed E-state index contributed by atoms with van der Waals surface area (Å²) in [6, 6.07) is 14.7. The quantitative estimate of drug-likeness (QED) is 0.854. The standard InChI is InChI=1S/C21H23N3O3/c1-14-3-5-15(6-4-14)12-24-13-17(11-19(24)25)21(27)23-18-9-7-16(8-10-18)20(26)22-2/h3-10,17H,11-13H2,1-2H3,(H,22,26)(H,23,27)/t17-/m1/s1. The van der Waals surface area contributed by atoms with Crippen LogP contribution in [-0.2, 0) is 16.1 Å². The Morgan fingerprint density at radius 3 is 2.37 bits per heavy atom. The van der Waals surface area contributed by atoms with E-state index in [0.717, 1.165) is 5.56 Å². The lowest BCUT2D eigenvalue weighted by Gasteiger charge is -2.17. The summed E-state index contributed by atoms with van der Waals surface area (Å²) in [6.45, 7) is 2.95. The van der Waals surface area contributed by atoms with Crippen molar-refractivity contribution in [2.24, 2.45) is 5.92 Å². The van der Waals surface area contributed by atoms with Crippen LogP contribution < -0.4 is 10.6 Å². The molecule has 1 aliphatic heterocycles. The molecule has 6 heteroatoms. The van der Waals surface area contributed by atoms with E-state index in [1.165, 1.54) is 5.56 Å². The summed E-state index contributed by atoms with van der Waals surface area (Å²) in [5.41, 5.74) is 3.36. The molecule has 0 aliphatic carbocycles. The van der Waals surface area contributed by atoms with Crippen LogP contribution >= 0.6 is 0 Å². The van der Waals surface area contributed by atoms with E-state index in [1.807, 2.05) is 31.2 Å². The van der Waals surface area contributed by atoms with Gasteiger partial charge in [-0.25, -0.2) is 0 Å². The van der Waals surface area contributed by atoms with Gasteiger partial charge in [0.2, 0.25) is 11.8 Å². The zero-order chi connectivity index (χ0) is 19.4. The van der Waals surface area contributed by atoms with E-state index in [2.05, 4.69) is 10.6 Å². The summed E-state index contributed by atoms with van der Waals surface area (Å²) in [5, 5.41) is 5.38. The summed E-state index contributed by atoms with van der Waals surface area (Å²) in [7, 11) is 1.57. The number of hydrogen-bond acceptors (Lipinski definition) is 3. The smallest absolute Gasteiger partial charge is 0.251 e. The number of nitrogens with zero attached hydrogens (tertiary/aromatic N) is 1. The highest BCUT2D eigenvalue weighted by Gasteiger charge is 2.34. The molecule has 3 rings (SSSR count). The summed E-state index contributed by atoms with van der Waals surface area (Å²) >= 11 is 0. The third-order valence-corrected chi connectivity index (χ3v) is 4.72. The number of likely N-dealkylation sites (tertiary alicyclic amines) is 1. The Morgan fingerprint density at radius 2 is 1.74 bits per heavy atom. The Hall–Kier alpha value is -3.15. The van der Waals surface area contributed by atoms with Gasteiger partial charge in [0.05, 0.1) is 5.92 Å². The van der Waals surface area contributed by atoms with Crippen molar-refractivity contribution >= 4 is 23.4 Å². The highest BCUT2D eigenvalue weighted by Crippen LogP contribution is 2.22. The van der Waals surface area contributed by atoms with Crippen LogP contribution in [0.25, 0.3) is 0 Å². The molecule has 0 saturated carbocycles. The maximum Gasteiger partial charge on any atom is 0.251 e. The number of carbonyl (C=O) groups excluding carboxylic acids is 3. The molecule has 0 radical (unpaired) electrons. The molecule has 2 N–H and O–H groups in total. The van der Waals surface area contributed by atoms with Crippen LogP contribution in [0.4, 0.5) is 5.69 Å². The van der Waals surface area contributed by atoms with Crippen LogP contribution in [0.2, 0.25) is 0 Å². The number of rotatable bonds is 5. The van der Waals surface area contributed by atoms with Gasteiger partial charge in [-0.1, -0.05) is 29.8 Å². The Labute approximate surface area is 158 Å². The van der Waals surface area contributed by atoms with E-state index in [1.54, 1.807) is 36.2 Å². The second kappa shape index (κ2) is 8.03. The van der Waals surface area contributed by atoms with Crippen molar-refractivity contribution in [3.8, 4) is 0 Å². The molecule has 0 spiro atoms. The van der Waals surface area contributed by atoms with Gasteiger partial charge < -0.3 is 15.5 Å². The molecule has 2 aromatic rings. The predicted molar refractivity (Wildman–Crippen MR) is 103 cm³/mol. The minimum Gasteiger partial charge on any atom is -0.355 e. The number of hydrogen-bond donors (Lipinski definition) is 2. The van der Waals surface area contributed by atoms with E-state index in [0.29, 0.717) is 24.3 Å². The van der Waals surface area contributed by atoms with Crippen molar-refractivity contribution in [3.63, 3.8) is 0 Å². The van der Waals surface area contributed by atoms with Gasteiger partial charge in [0.1, 0.15) is 0 Å². The molecule has 0 bridgehead atoms. The Bertz CT molecular complexity index is 844. The van der Waals surface area contributed by atoms with Gasteiger partial charge in [-0.2, -0.15) is 0 Å². The Balaban J connectivity index is 1.58. The fraction of sp³-hybridized carbons (Fsp3) is 0.286. The van der Waals surface area contributed by atoms with Gasteiger partial charge in [0.15, 0.2) is 0 Å². The van der Waals surface area contributed by atoms with E-state index >= 15 is 0 Å². The van der Waals surface area contributed by atoms with Crippen molar-refractivity contribution in [3.05, 3.63) is 65.2 Å². The molecular weight excluding hydrogens is 342 g/mol. The average Bonchev–Trinajstić information content (AvgIpc) is 3.04. The van der Waals surface area contributed by atoms with Gasteiger partial charge >= 0.3 is 0 Å². The highest BCUT2D eigenvalue weighted by atomic mass is 16.2. The van der Waals surface area contributed by atoms with Crippen molar-refractivity contribution in [2.45, 2.75) is 19.9 Å². The van der Waals surface area contributed by atoms with Crippen LogP contribution in [0.3, 0.4) is 0 Å². The fourth-order valence-electron chi connectivity index (χ4n) is 3.11. The molecule has 140 valence electrons. The normalized spacial score (nSPS) is 16.3. The molecule has 1 fully saturated rings. The summed E-state index contributed by atoms with van der Waals surface area (Å²) < 4.78 is 0. The van der Waals surface area contributed by atoms with E-state index in [4.69, 9.17) is 0 Å². The van der Waals surface area contributed by atoms with Crippen LogP contribution in [0.5, 0.6) is 0 Å². The van der Waals surface area contributed by atoms with Crippen LogP contribution in [0.15, 0.2) is 48.5 Å². The lowest BCUT2D eigenvalue weighted by molar-refractivity contribution is -0.128. The van der Waals surface area contributed by atoms with Crippen molar-refractivity contribution in [1.29, 1.82) is 0 Å². The largest absolute Gasteiger partial charge is 0.355 e. The number of benzene rings is 2. The Kier molecular flexibility index (Phi) is 5.54. The topological polar surface area (TPSA) is 78.5 Å². The molecule has 3 amide bonds. The molecule has 1 aliphatic rings. The molecule has 0 unspecified atom stereocenters. The lowest BCUT2D eigenvalue weighted by Crippen LogP contribution is -2.28. The summed E-state index contributed by atoms with van der Waals surface area (Å²) in [6.07, 6.45) is 0.216. The van der Waals surface area contributed by atoms with E-state index in [-0.39, 0.29) is 30.1 Å². The Morgan fingerprint density at radius 1 is 1.07 bits per heavy atom. The van der Waals surface area contributed by atoms with E-state index < -0.39 is 0 Å². The molecule has 27 heavy (non-hydrogen) atoms. The van der Waals surface area contributed by atoms with Crippen LogP contribution in [0.1, 0.15) is 27.9 Å². The molecule has 1 saturated heterocycles. The molecular formula is C21H23N3O3. The zero-order valence-corrected chi connectivity index (χ0v) is 15.5. The second-order valence-electron chi connectivity index (χ2n) is 6.81. The van der Waals surface area contributed by atoms with Crippen molar-refractivity contribution in [2.75, 3.05) is 18.9 Å². The molecule has 1 heterocycles. The molecule has 0 aromatic heterocycles. The summed E-state index contributed by atoms with van der Waals surface area (Å²) in [4.78, 5) is 38.1. The minimum atomic E-state index is -0.374. The van der Waals surface area contributed by atoms with Gasteiger partial charge in [-0.05, 0) is 36.8 Å². The van der Waals surface area contributed by atoms with Gasteiger partial charge in [0, 0.05) is 37.8 Å². The number of aryl methyl sites for hydroxylation is 1. The molecule has 6 nitrogen and oxygen atoms in total. The first-order valence-electron chi connectivity index (χ1n) is 8.92. The number of amides is 3. The summed E-state index contributed by atoms with van der Waals surface area (Å²) in [5.74, 6) is -0.740. The maximum absolute atomic E-state index is 12.5. The number of anilines is 1. The zero-order valence-electron chi connectivity index (χ0n) is 15.5. The first-order valence-corrected chi connectivity index (χ1v) is 8.92. The molecule has 2 aromatic carbocycles. The fourth-order valence-corrected chi connectivity index (χ4v) is 3.11. The lowest BCUT2D eigenvalue weighted by atomic mass is 10.1. The minimum absolute atomic E-state index is 0.00862. The first kappa shape index (κ1) is 18.6. The molecule has 1 atom stereocenters. The number of carbonyl (C=O) groups is 3. The third kappa shape index (κ3) is 4.53.